The van der Waals surface area contributed by atoms with E-state index in [4.69, 9.17) is 20.0 Å². The van der Waals surface area contributed by atoms with Crippen molar-refractivity contribution in [2.75, 3.05) is 6.61 Å². The van der Waals surface area contributed by atoms with E-state index < -0.39 is 0 Å². The van der Waals surface area contributed by atoms with Gasteiger partial charge in [-0.05, 0) is 49.8 Å². The number of allylic oxidation sites excluding steroid dienone is 6. The van der Waals surface area contributed by atoms with Crippen molar-refractivity contribution in [2.45, 2.75) is 33.6 Å². The van der Waals surface area contributed by atoms with Gasteiger partial charge in [0.2, 0.25) is 0 Å². The van der Waals surface area contributed by atoms with Gasteiger partial charge in [0.05, 0.1) is 0 Å². The first-order valence-corrected chi connectivity index (χ1v) is 8.09. The van der Waals surface area contributed by atoms with Crippen LogP contribution in [0, 0.1) is 0 Å². The summed E-state index contributed by atoms with van der Waals surface area (Å²) < 4.78 is 5.10. The summed E-state index contributed by atoms with van der Waals surface area (Å²) in [4.78, 5) is 3.91. The van der Waals surface area contributed by atoms with Gasteiger partial charge >= 0.3 is 0 Å². The smallest absolute Gasteiger partial charge is 0.166 e. The van der Waals surface area contributed by atoms with E-state index in [1.807, 2.05) is 45.1 Å². The molecule has 0 radical (unpaired) electrons. The predicted molar refractivity (Wildman–Crippen MR) is 89.8 cm³/mol. The Morgan fingerprint density at radius 1 is 1.55 bits per heavy atom. The van der Waals surface area contributed by atoms with Crippen LogP contribution >= 0.6 is 21.9 Å². The average molecular weight is 316 g/mol. The Bertz CT molecular complexity index is 426. The highest BCUT2D eigenvalue weighted by Crippen LogP contribution is 2.24. The van der Waals surface area contributed by atoms with Crippen LogP contribution in [-0.4, -0.2) is 18.4 Å². The molecule has 0 unspecified atom stereocenters. The molecule has 112 valence electrons. The Balaban J connectivity index is 0.00000172. The Labute approximate surface area is 130 Å². The fourth-order valence-electron chi connectivity index (χ4n) is 1.55. The molecule has 0 saturated carbocycles. The molecule has 0 spiro atoms. The van der Waals surface area contributed by atoms with Gasteiger partial charge in [-0.1, -0.05) is 26.0 Å². The molecule has 3 nitrogen and oxygen atoms in total. The molecule has 0 aromatic heterocycles. The number of aliphatic hydroxyl groups excluding tert-OH is 1. The first-order valence-electron chi connectivity index (χ1n) is 6.52. The molecule has 1 rings (SSSR count). The maximum atomic E-state index is 9.03. The summed E-state index contributed by atoms with van der Waals surface area (Å²) in [7, 11) is 5.41. The summed E-state index contributed by atoms with van der Waals surface area (Å²) in [6.45, 7) is 9.49. The first kappa shape index (κ1) is 19.0. The molecule has 0 fully saturated rings. The summed E-state index contributed by atoms with van der Waals surface area (Å²) in [5.74, 6) is 0.749. The van der Waals surface area contributed by atoms with Crippen LogP contribution in [0.15, 0.2) is 51.9 Å². The van der Waals surface area contributed by atoms with Gasteiger partial charge in [0.15, 0.2) is 11.3 Å². The van der Waals surface area contributed by atoms with Crippen LogP contribution in [0.2, 0.25) is 0 Å². The van der Waals surface area contributed by atoms with E-state index >= 15 is 0 Å². The lowest BCUT2D eigenvalue weighted by atomic mass is 10.0. The van der Waals surface area contributed by atoms with Crippen molar-refractivity contribution >= 4 is 28.7 Å². The second-order valence-corrected chi connectivity index (χ2v) is 4.42. The predicted octanol–water partition coefficient (Wildman–Crippen LogP) is 4.96. The molecule has 0 aromatic rings. The fourth-order valence-corrected chi connectivity index (χ4v) is 1.97. The SMILES string of the molecule is C=N/C(C)=C(\C=C1\C=CC(OSCl)=CC1)CCO.CC. The number of nitrogens with zero attached hydrogens (tertiary/aromatic N) is 1. The minimum absolute atomic E-state index is 0.1000. The summed E-state index contributed by atoms with van der Waals surface area (Å²) in [5.41, 5.74) is 2.97. The number of hydrogen-bond donors (Lipinski definition) is 1. The second kappa shape index (κ2) is 11.8. The third-order valence-electron chi connectivity index (χ3n) is 2.57. The number of hydrogen-bond acceptors (Lipinski definition) is 4. The highest BCUT2D eigenvalue weighted by atomic mass is 35.7. The number of aliphatic imine (C=N–C) groups is 1. The largest absolute Gasteiger partial charge is 0.410 e. The molecule has 5 heteroatoms. The van der Waals surface area contributed by atoms with E-state index in [2.05, 4.69) is 11.7 Å². The van der Waals surface area contributed by atoms with Crippen molar-refractivity contribution in [2.24, 2.45) is 4.99 Å². The number of halogens is 1. The summed E-state index contributed by atoms with van der Waals surface area (Å²) in [6, 6.07) is 0. The van der Waals surface area contributed by atoms with Gasteiger partial charge in [-0.3, -0.25) is 4.99 Å². The molecule has 1 N–H and O–H groups in total. The quantitative estimate of drug-likeness (QED) is 0.556. The highest BCUT2D eigenvalue weighted by Gasteiger charge is 2.05. The lowest BCUT2D eigenvalue weighted by molar-refractivity contribution is 0.300. The Morgan fingerprint density at radius 2 is 2.25 bits per heavy atom. The van der Waals surface area contributed by atoms with Crippen LogP contribution in [0.3, 0.4) is 0 Å². The van der Waals surface area contributed by atoms with E-state index in [-0.39, 0.29) is 6.61 Å². The summed E-state index contributed by atoms with van der Waals surface area (Å²) in [6.07, 6.45) is 9.15. The first-order chi connectivity index (χ1) is 9.71. The molecule has 0 heterocycles. The van der Waals surface area contributed by atoms with E-state index in [0.29, 0.717) is 6.42 Å². The van der Waals surface area contributed by atoms with E-state index in [0.717, 1.165) is 40.3 Å². The Kier molecular flexibility index (Phi) is 11.3. The zero-order valence-corrected chi connectivity index (χ0v) is 13.8. The van der Waals surface area contributed by atoms with E-state index in [1.54, 1.807) is 0 Å². The van der Waals surface area contributed by atoms with Crippen molar-refractivity contribution in [3.05, 3.63) is 46.9 Å². The molecule has 20 heavy (non-hydrogen) atoms. The van der Waals surface area contributed by atoms with E-state index in [9.17, 15) is 0 Å². The van der Waals surface area contributed by atoms with Gasteiger partial charge in [0, 0.05) is 23.0 Å². The lowest BCUT2D eigenvalue weighted by Crippen LogP contribution is -1.93. The number of rotatable bonds is 6. The molecular formula is C15H22ClNO2S. The van der Waals surface area contributed by atoms with Crippen LogP contribution < -0.4 is 0 Å². The Morgan fingerprint density at radius 3 is 2.70 bits per heavy atom. The van der Waals surface area contributed by atoms with Gasteiger partial charge in [-0.2, -0.15) is 0 Å². The van der Waals surface area contributed by atoms with Gasteiger partial charge in [-0.15, -0.1) is 0 Å². The molecule has 0 bridgehead atoms. The minimum Gasteiger partial charge on any atom is -0.410 e. The van der Waals surface area contributed by atoms with Gasteiger partial charge < -0.3 is 9.29 Å². The van der Waals surface area contributed by atoms with Gasteiger partial charge in [0.25, 0.3) is 0 Å². The maximum Gasteiger partial charge on any atom is 0.166 e. The van der Waals surface area contributed by atoms with Crippen LogP contribution in [0.25, 0.3) is 0 Å². The molecule has 0 amide bonds. The molecule has 1 aliphatic rings. The highest BCUT2D eigenvalue weighted by molar-refractivity contribution is 8.17. The van der Waals surface area contributed by atoms with Crippen molar-refractivity contribution in [3.8, 4) is 0 Å². The zero-order chi connectivity index (χ0) is 15.4. The zero-order valence-electron chi connectivity index (χ0n) is 12.2. The van der Waals surface area contributed by atoms with Crippen LogP contribution in [-0.2, 0) is 4.18 Å². The Hall–Kier alpha value is -0.970. The maximum absolute atomic E-state index is 9.03. The fraction of sp³-hybridized carbons (Fsp3) is 0.400. The van der Waals surface area contributed by atoms with Crippen LogP contribution in [0.5, 0.6) is 0 Å². The van der Waals surface area contributed by atoms with E-state index in [1.165, 1.54) is 0 Å². The lowest BCUT2D eigenvalue weighted by Gasteiger charge is -2.10. The summed E-state index contributed by atoms with van der Waals surface area (Å²) in [5, 5.41) is 9.03. The minimum atomic E-state index is 0.1000. The molecule has 0 aromatic carbocycles. The average Bonchev–Trinajstić information content (AvgIpc) is 2.50. The molecule has 0 saturated heterocycles. The van der Waals surface area contributed by atoms with Crippen molar-refractivity contribution < 1.29 is 9.29 Å². The topological polar surface area (TPSA) is 41.8 Å². The second-order valence-electron chi connectivity index (χ2n) is 3.75. The molecule has 1 aliphatic carbocycles. The monoisotopic (exact) mass is 315 g/mol. The van der Waals surface area contributed by atoms with Gasteiger partial charge in [-0.25, -0.2) is 0 Å². The van der Waals surface area contributed by atoms with Crippen LogP contribution in [0.4, 0.5) is 0 Å². The summed E-state index contributed by atoms with van der Waals surface area (Å²) >= 11 is 0.808. The molecular weight excluding hydrogens is 294 g/mol. The number of aliphatic hydroxyl groups is 1. The van der Waals surface area contributed by atoms with Gasteiger partial charge in [0.1, 0.15) is 5.76 Å². The van der Waals surface area contributed by atoms with Crippen molar-refractivity contribution in [1.29, 1.82) is 0 Å². The molecule has 0 atom stereocenters. The van der Waals surface area contributed by atoms with Crippen molar-refractivity contribution in [3.63, 3.8) is 0 Å². The third-order valence-corrected chi connectivity index (χ3v) is 3.02. The normalized spacial score (nSPS) is 16.9. The van der Waals surface area contributed by atoms with Crippen molar-refractivity contribution in [1.82, 2.24) is 0 Å². The van der Waals surface area contributed by atoms with Crippen LogP contribution in [0.1, 0.15) is 33.6 Å². The third kappa shape index (κ3) is 6.98. The molecule has 0 aliphatic heterocycles. The standard InChI is InChI=1S/C13H16ClNO2S.C2H6/c1-10(15-2)12(7-8-16)9-11-3-5-13(6-4-11)17-18-14;1-2/h3,5-6,9,16H,2,4,7-8H2,1H3;1-2H3/b11-9-,12-10-;.